The van der Waals surface area contributed by atoms with Crippen molar-refractivity contribution in [1.82, 2.24) is 0 Å². The number of halogens is 1. The van der Waals surface area contributed by atoms with Crippen LogP contribution in [0.2, 0.25) is 5.02 Å². The minimum atomic E-state index is 0.303. The lowest BCUT2D eigenvalue weighted by Crippen LogP contribution is -1.98. The molecule has 3 heteroatoms. The summed E-state index contributed by atoms with van der Waals surface area (Å²) >= 11 is 5.64. The Bertz CT molecular complexity index is 255. The molecule has 1 aromatic carbocycles. The van der Waals surface area contributed by atoms with Crippen LogP contribution in [-0.2, 0) is 6.54 Å². The highest BCUT2D eigenvalue weighted by Gasteiger charge is 1.94. The van der Waals surface area contributed by atoms with E-state index in [2.05, 4.69) is 6.72 Å². The third-order valence-corrected chi connectivity index (χ3v) is 1.52. The number of hydrogen-bond acceptors (Lipinski definition) is 1. The number of rotatable bonds is 2. The summed E-state index contributed by atoms with van der Waals surface area (Å²) in [7, 11) is 0. The Morgan fingerprint density at radius 3 is 2.36 bits per heavy atom. The summed E-state index contributed by atoms with van der Waals surface area (Å²) < 4.78 is 0.628. The van der Waals surface area contributed by atoms with Crippen molar-refractivity contribution in [3.05, 3.63) is 40.1 Å². The van der Waals surface area contributed by atoms with E-state index in [1.807, 2.05) is 0 Å². The summed E-state index contributed by atoms with van der Waals surface area (Å²) in [6, 6.07) is 7.11. The van der Waals surface area contributed by atoms with Crippen LogP contribution in [-0.4, -0.2) is 11.5 Å². The van der Waals surface area contributed by atoms with Crippen molar-refractivity contribution in [2.24, 2.45) is 0 Å². The maximum atomic E-state index is 10.5. The van der Waals surface area contributed by atoms with Gasteiger partial charge in [-0.05, 0) is 12.1 Å². The van der Waals surface area contributed by atoms with Gasteiger partial charge >= 0.3 is 0 Å². The van der Waals surface area contributed by atoms with E-state index in [0.29, 0.717) is 16.3 Å². The number of nitrogens with zero attached hydrogens (tertiary/aromatic N) is 1. The molecule has 0 aliphatic carbocycles. The molecule has 0 bridgehead atoms. The van der Waals surface area contributed by atoms with Gasteiger partial charge in [-0.25, -0.2) is 4.74 Å². The van der Waals surface area contributed by atoms with E-state index in [1.54, 1.807) is 24.3 Å². The van der Waals surface area contributed by atoms with Gasteiger partial charge in [-0.3, -0.25) is 0 Å². The Hall–Kier alpha value is -1.02. The molecule has 0 heterocycles. The van der Waals surface area contributed by atoms with Gasteiger partial charge in [0.15, 0.2) is 6.54 Å². The minimum absolute atomic E-state index is 0.303. The smallest absolute Gasteiger partial charge is 0.178 e. The fourth-order valence-electron chi connectivity index (χ4n) is 0.793. The standard InChI is InChI=1S/C8H8ClNO/c1-10(11)6-7-2-4-8(9)5-3-7/h2-5H,1,6H2. The second-order valence-electron chi connectivity index (χ2n) is 2.27. The van der Waals surface area contributed by atoms with Gasteiger partial charge in [0, 0.05) is 10.6 Å². The number of hydroxylamine groups is 1. The van der Waals surface area contributed by atoms with Gasteiger partial charge in [-0.2, -0.15) is 0 Å². The highest BCUT2D eigenvalue weighted by molar-refractivity contribution is 6.30. The average Bonchev–Trinajstić information content (AvgIpc) is 1.93. The zero-order chi connectivity index (χ0) is 8.27. The number of benzene rings is 1. The zero-order valence-electron chi connectivity index (χ0n) is 5.96. The van der Waals surface area contributed by atoms with Crippen LogP contribution in [0.1, 0.15) is 5.56 Å². The van der Waals surface area contributed by atoms with Gasteiger partial charge in [0.05, 0.1) is 0 Å². The Morgan fingerprint density at radius 1 is 1.36 bits per heavy atom. The van der Waals surface area contributed by atoms with E-state index in [0.717, 1.165) is 5.56 Å². The first kappa shape index (κ1) is 8.08. The molecule has 1 rings (SSSR count). The lowest BCUT2D eigenvalue weighted by Gasteiger charge is -2.00. The first-order valence-corrected chi connectivity index (χ1v) is 3.56. The summed E-state index contributed by atoms with van der Waals surface area (Å²) in [6.45, 7) is 3.50. The molecule has 0 atom stereocenters. The molecule has 0 aliphatic heterocycles. The first-order valence-electron chi connectivity index (χ1n) is 3.18. The molecule has 2 nitrogen and oxygen atoms in total. The molecule has 58 valence electrons. The fraction of sp³-hybridized carbons (Fsp3) is 0.125. The van der Waals surface area contributed by atoms with Crippen molar-refractivity contribution in [1.29, 1.82) is 0 Å². The molecule has 11 heavy (non-hydrogen) atoms. The molecule has 0 N–H and O–H groups in total. The van der Waals surface area contributed by atoms with Crippen molar-refractivity contribution in [2.75, 3.05) is 0 Å². The highest BCUT2D eigenvalue weighted by atomic mass is 35.5. The Kier molecular flexibility index (Phi) is 2.49. The van der Waals surface area contributed by atoms with Gasteiger partial charge < -0.3 is 5.21 Å². The quantitative estimate of drug-likeness (QED) is 0.288. The predicted molar refractivity (Wildman–Crippen MR) is 45.9 cm³/mol. The molecule has 0 aromatic heterocycles. The Morgan fingerprint density at radius 2 is 1.91 bits per heavy atom. The molecule has 0 spiro atoms. The summed E-state index contributed by atoms with van der Waals surface area (Å²) in [4.78, 5) is 0. The lowest BCUT2D eigenvalue weighted by molar-refractivity contribution is -0.465. The minimum Gasteiger partial charge on any atom is -0.624 e. The Labute approximate surface area is 70.3 Å². The topological polar surface area (TPSA) is 26.1 Å². The van der Waals surface area contributed by atoms with E-state index in [-0.39, 0.29) is 0 Å². The van der Waals surface area contributed by atoms with E-state index in [1.165, 1.54) is 0 Å². The van der Waals surface area contributed by atoms with Crippen LogP contribution in [0.3, 0.4) is 0 Å². The summed E-state index contributed by atoms with van der Waals surface area (Å²) in [5.74, 6) is 0. The molecular formula is C8H8ClNO. The maximum Gasteiger partial charge on any atom is 0.178 e. The molecule has 0 saturated carbocycles. The normalized spacial score (nSPS) is 9.55. The lowest BCUT2D eigenvalue weighted by atomic mass is 10.2. The average molecular weight is 170 g/mol. The van der Waals surface area contributed by atoms with Crippen LogP contribution in [0.5, 0.6) is 0 Å². The predicted octanol–water partition coefficient (Wildman–Crippen LogP) is 2.05. The molecule has 0 radical (unpaired) electrons. The van der Waals surface area contributed by atoms with Crippen LogP contribution in [0.25, 0.3) is 0 Å². The molecule has 0 unspecified atom stereocenters. The van der Waals surface area contributed by atoms with Crippen LogP contribution in [0.15, 0.2) is 24.3 Å². The SMILES string of the molecule is C=[N+]([O-])Cc1ccc(Cl)cc1. The summed E-state index contributed by atoms with van der Waals surface area (Å²) in [6.07, 6.45) is 0. The van der Waals surface area contributed by atoms with E-state index < -0.39 is 0 Å². The number of hydrogen-bond donors (Lipinski definition) is 0. The van der Waals surface area contributed by atoms with E-state index >= 15 is 0 Å². The van der Waals surface area contributed by atoms with Crippen molar-refractivity contribution < 1.29 is 4.74 Å². The van der Waals surface area contributed by atoms with Gasteiger partial charge in [-0.1, -0.05) is 23.7 Å². The van der Waals surface area contributed by atoms with Crippen LogP contribution in [0, 0.1) is 5.21 Å². The van der Waals surface area contributed by atoms with Gasteiger partial charge in [0.2, 0.25) is 0 Å². The second kappa shape index (κ2) is 3.39. The molecule has 0 aliphatic rings. The third kappa shape index (κ3) is 2.60. The molecule has 1 aromatic rings. The molecule has 0 saturated heterocycles. The van der Waals surface area contributed by atoms with Crippen molar-refractivity contribution in [3.8, 4) is 0 Å². The first-order chi connectivity index (χ1) is 5.18. The van der Waals surface area contributed by atoms with Gasteiger partial charge in [0.25, 0.3) is 0 Å². The fourth-order valence-corrected chi connectivity index (χ4v) is 0.919. The van der Waals surface area contributed by atoms with Crippen molar-refractivity contribution >= 4 is 18.3 Å². The second-order valence-corrected chi connectivity index (χ2v) is 2.70. The molecule has 0 fully saturated rings. The maximum absolute atomic E-state index is 10.5. The Balaban J connectivity index is 2.74. The van der Waals surface area contributed by atoms with E-state index in [4.69, 9.17) is 11.6 Å². The molecule has 0 amide bonds. The molecular weight excluding hydrogens is 162 g/mol. The van der Waals surface area contributed by atoms with Crippen LogP contribution < -0.4 is 0 Å². The van der Waals surface area contributed by atoms with Crippen molar-refractivity contribution in [3.63, 3.8) is 0 Å². The van der Waals surface area contributed by atoms with Crippen LogP contribution in [0.4, 0.5) is 0 Å². The largest absolute Gasteiger partial charge is 0.624 e. The van der Waals surface area contributed by atoms with Gasteiger partial charge in [-0.15, -0.1) is 0 Å². The third-order valence-electron chi connectivity index (χ3n) is 1.27. The van der Waals surface area contributed by atoms with Gasteiger partial charge in [0.1, 0.15) is 6.72 Å². The van der Waals surface area contributed by atoms with Crippen LogP contribution >= 0.6 is 11.6 Å². The van der Waals surface area contributed by atoms with E-state index in [9.17, 15) is 5.21 Å². The zero-order valence-corrected chi connectivity index (χ0v) is 6.71. The summed E-state index contributed by atoms with van der Waals surface area (Å²) in [5.41, 5.74) is 0.916. The monoisotopic (exact) mass is 169 g/mol. The van der Waals surface area contributed by atoms with Crippen molar-refractivity contribution in [2.45, 2.75) is 6.54 Å². The highest BCUT2D eigenvalue weighted by Crippen LogP contribution is 2.09. The summed E-state index contributed by atoms with van der Waals surface area (Å²) in [5, 5.41) is 11.1.